The van der Waals surface area contributed by atoms with Crippen molar-refractivity contribution in [3.63, 3.8) is 0 Å². The van der Waals surface area contributed by atoms with E-state index >= 15 is 0 Å². The van der Waals surface area contributed by atoms with Crippen LogP contribution in [0.2, 0.25) is 0 Å². The van der Waals surface area contributed by atoms with E-state index in [4.69, 9.17) is 0 Å². The van der Waals surface area contributed by atoms with Crippen molar-refractivity contribution in [1.29, 1.82) is 0 Å². The summed E-state index contributed by atoms with van der Waals surface area (Å²) in [5, 5.41) is 0. The van der Waals surface area contributed by atoms with Crippen LogP contribution in [0.25, 0.3) is 0 Å². The minimum absolute atomic E-state index is 0.290. The molecule has 0 saturated carbocycles. The summed E-state index contributed by atoms with van der Waals surface area (Å²) in [5.74, 6) is 0. The van der Waals surface area contributed by atoms with Crippen LogP contribution in [-0.4, -0.2) is 48.6 Å². The van der Waals surface area contributed by atoms with Gasteiger partial charge in [-0.3, -0.25) is 0 Å². The van der Waals surface area contributed by atoms with Crippen molar-refractivity contribution in [2.24, 2.45) is 0 Å². The van der Waals surface area contributed by atoms with Crippen molar-refractivity contribution in [3.05, 3.63) is 0 Å². The molecule has 0 aliphatic heterocycles. The van der Waals surface area contributed by atoms with Crippen LogP contribution >= 0.6 is 0 Å². The quantitative estimate of drug-likeness (QED) is 0.663. The highest BCUT2D eigenvalue weighted by molar-refractivity contribution is 4.73. The van der Waals surface area contributed by atoms with Crippen LogP contribution < -0.4 is 0 Å². The summed E-state index contributed by atoms with van der Waals surface area (Å²) in [6.07, 6.45) is 0. The van der Waals surface area contributed by atoms with Gasteiger partial charge in [-0.05, 0) is 48.7 Å². The Labute approximate surface area is 83.9 Å². The zero-order valence-corrected chi connectivity index (χ0v) is 10.4. The Morgan fingerprint density at radius 2 is 1.46 bits per heavy atom. The third kappa shape index (κ3) is 5.27. The van der Waals surface area contributed by atoms with Crippen LogP contribution in [-0.2, 0) is 0 Å². The van der Waals surface area contributed by atoms with Crippen LogP contribution in [0.1, 0.15) is 34.6 Å². The Kier molecular flexibility index (Phi) is 4.93. The zero-order chi connectivity index (χ0) is 10.6. The molecule has 0 saturated heterocycles. The lowest BCUT2D eigenvalue weighted by Gasteiger charge is -2.34. The van der Waals surface area contributed by atoms with Gasteiger partial charge in [0.25, 0.3) is 0 Å². The molecule has 0 aromatic rings. The maximum atomic E-state index is 2.39. The largest absolute Gasteiger partial charge is 0.303 e. The summed E-state index contributed by atoms with van der Waals surface area (Å²) in [6.45, 7) is 13.5. The highest BCUT2D eigenvalue weighted by Crippen LogP contribution is 2.09. The third-order valence-corrected chi connectivity index (χ3v) is 2.81. The van der Waals surface area contributed by atoms with E-state index in [-0.39, 0.29) is 5.54 Å². The fourth-order valence-corrected chi connectivity index (χ4v) is 0.901. The monoisotopic (exact) mass is 186 g/mol. The Balaban J connectivity index is 3.77. The van der Waals surface area contributed by atoms with Gasteiger partial charge in [-0.1, -0.05) is 0 Å². The average Bonchev–Trinajstić information content (AvgIpc) is 1.97. The SMILES string of the molecule is CC(C)N(C)CCN(C)C(C)(C)C. The number of nitrogens with zero attached hydrogens (tertiary/aromatic N) is 2. The predicted molar refractivity (Wildman–Crippen MR) is 60.1 cm³/mol. The standard InChI is InChI=1S/C11H26N2/c1-10(2)12(6)8-9-13(7)11(3,4)5/h10H,8-9H2,1-7H3. The average molecular weight is 186 g/mol. The first-order valence-electron chi connectivity index (χ1n) is 5.16. The first kappa shape index (κ1) is 12.9. The summed E-state index contributed by atoms with van der Waals surface area (Å²) < 4.78 is 0. The number of rotatable bonds is 4. The highest BCUT2D eigenvalue weighted by atomic mass is 15.2. The van der Waals surface area contributed by atoms with Gasteiger partial charge in [-0.25, -0.2) is 0 Å². The van der Waals surface area contributed by atoms with E-state index in [1.807, 2.05) is 0 Å². The van der Waals surface area contributed by atoms with Crippen molar-refractivity contribution in [2.75, 3.05) is 27.2 Å². The predicted octanol–water partition coefficient (Wildman–Crippen LogP) is 2.06. The minimum Gasteiger partial charge on any atom is -0.303 e. The molecule has 0 aromatic carbocycles. The maximum Gasteiger partial charge on any atom is 0.0122 e. The topological polar surface area (TPSA) is 6.48 Å². The molecule has 13 heavy (non-hydrogen) atoms. The summed E-state index contributed by atoms with van der Waals surface area (Å²) in [5.41, 5.74) is 0.290. The fraction of sp³-hybridized carbons (Fsp3) is 1.00. The van der Waals surface area contributed by atoms with Crippen LogP contribution in [0, 0.1) is 0 Å². The van der Waals surface area contributed by atoms with Gasteiger partial charge in [0.05, 0.1) is 0 Å². The molecule has 0 aliphatic carbocycles. The van der Waals surface area contributed by atoms with Crippen molar-refractivity contribution in [2.45, 2.75) is 46.2 Å². The molecule has 0 amide bonds. The Morgan fingerprint density at radius 1 is 1.00 bits per heavy atom. The molecule has 0 rings (SSSR count). The summed E-state index contributed by atoms with van der Waals surface area (Å²) >= 11 is 0. The summed E-state index contributed by atoms with van der Waals surface area (Å²) in [7, 11) is 4.37. The molecule has 2 heteroatoms. The van der Waals surface area contributed by atoms with Crippen LogP contribution in [0.5, 0.6) is 0 Å². The van der Waals surface area contributed by atoms with E-state index in [0.717, 1.165) is 13.1 Å². The Hall–Kier alpha value is -0.0800. The smallest absolute Gasteiger partial charge is 0.0122 e. The Morgan fingerprint density at radius 3 is 1.77 bits per heavy atom. The van der Waals surface area contributed by atoms with Crippen molar-refractivity contribution >= 4 is 0 Å². The molecule has 0 fully saturated rings. The van der Waals surface area contributed by atoms with Gasteiger partial charge < -0.3 is 9.80 Å². The van der Waals surface area contributed by atoms with E-state index in [1.165, 1.54) is 0 Å². The lowest BCUT2D eigenvalue weighted by atomic mass is 10.1. The molecule has 0 heterocycles. The number of likely N-dealkylation sites (N-methyl/N-ethyl adjacent to an activating group) is 2. The summed E-state index contributed by atoms with van der Waals surface area (Å²) in [4.78, 5) is 4.77. The summed E-state index contributed by atoms with van der Waals surface area (Å²) in [6, 6.07) is 0.647. The first-order valence-corrected chi connectivity index (χ1v) is 5.16. The number of hydrogen-bond acceptors (Lipinski definition) is 2. The molecular formula is C11H26N2. The van der Waals surface area contributed by atoms with Gasteiger partial charge in [0, 0.05) is 24.7 Å². The molecule has 0 spiro atoms. The molecule has 0 atom stereocenters. The first-order chi connectivity index (χ1) is 5.75. The lowest BCUT2D eigenvalue weighted by molar-refractivity contribution is 0.145. The highest BCUT2D eigenvalue weighted by Gasteiger charge is 2.16. The van der Waals surface area contributed by atoms with Gasteiger partial charge in [-0.2, -0.15) is 0 Å². The van der Waals surface area contributed by atoms with Crippen LogP contribution in [0.3, 0.4) is 0 Å². The third-order valence-electron chi connectivity index (χ3n) is 2.81. The molecule has 0 aromatic heterocycles. The zero-order valence-electron chi connectivity index (χ0n) is 10.4. The molecule has 2 nitrogen and oxygen atoms in total. The lowest BCUT2D eigenvalue weighted by Crippen LogP contribution is -2.43. The van der Waals surface area contributed by atoms with Gasteiger partial charge in [-0.15, -0.1) is 0 Å². The molecule has 80 valence electrons. The van der Waals surface area contributed by atoms with Crippen molar-refractivity contribution in [1.82, 2.24) is 9.80 Å². The minimum atomic E-state index is 0.290. The van der Waals surface area contributed by atoms with E-state index in [0.29, 0.717) is 6.04 Å². The molecule has 0 unspecified atom stereocenters. The van der Waals surface area contributed by atoms with E-state index < -0.39 is 0 Å². The molecular weight excluding hydrogens is 160 g/mol. The van der Waals surface area contributed by atoms with Crippen LogP contribution in [0.4, 0.5) is 0 Å². The second-order valence-corrected chi connectivity index (χ2v) is 5.17. The molecule has 0 radical (unpaired) electrons. The van der Waals surface area contributed by atoms with E-state index in [2.05, 4.69) is 58.5 Å². The van der Waals surface area contributed by atoms with Gasteiger partial charge in [0.15, 0.2) is 0 Å². The van der Waals surface area contributed by atoms with E-state index in [1.54, 1.807) is 0 Å². The molecule has 0 bridgehead atoms. The normalized spacial score (nSPS) is 13.4. The molecule has 0 N–H and O–H groups in total. The molecule has 0 aliphatic rings. The van der Waals surface area contributed by atoms with Crippen LogP contribution in [0.15, 0.2) is 0 Å². The Bertz CT molecular complexity index is 136. The van der Waals surface area contributed by atoms with Crippen molar-refractivity contribution in [3.8, 4) is 0 Å². The van der Waals surface area contributed by atoms with Crippen molar-refractivity contribution < 1.29 is 0 Å². The van der Waals surface area contributed by atoms with Gasteiger partial charge in [0.2, 0.25) is 0 Å². The number of hydrogen-bond donors (Lipinski definition) is 0. The maximum absolute atomic E-state index is 2.39. The second-order valence-electron chi connectivity index (χ2n) is 5.17. The van der Waals surface area contributed by atoms with E-state index in [9.17, 15) is 0 Å². The van der Waals surface area contributed by atoms with Gasteiger partial charge in [0.1, 0.15) is 0 Å². The fourth-order valence-electron chi connectivity index (χ4n) is 0.901. The van der Waals surface area contributed by atoms with Gasteiger partial charge >= 0.3 is 0 Å². The second kappa shape index (κ2) is 4.97.